The Balaban J connectivity index is 1.36. The van der Waals surface area contributed by atoms with Gasteiger partial charge in [0.15, 0.2) is 5.15 Å². The van der Waals surface area contributed by atoms with Crippen LogP contribution in [0.4, 0.5) is 5.95 Å². The Morgan fingerprint density at radius 3 is 2.75 bits per heavy atom. The first-order chi connectivity index (χ1) is 13.7. The number of hydrogen-bond donors (Lipinski definition) is 3. The largest absolute Gasteiger partial charge is 0.507 e. The molecular weight excluding hydrogens is 378 g/mol. The van der Waals surface area contributed by atoms with Crippen LogP contribution in [0.15, 0.2) is 30.6 Å². The number of phenols is 1. The van der Waals surface area contributed by atoms with E-state index in [1.165, 1.54) is 12.8 Å². The van der Waals surface area contributed by atoms with Crippen molar-refractivity contribution in [1.82, 2.24) is 30.7 Å². The molecule has 3 heterocycles. The Morgan fingerprint density at radius 1 is 1.18 bits per heavy atom. The molecule has 1 aromatic carbocycles. The number of halogens is 1. The zero-order chi connectivity index (χ0) is 19.1. The fraction of sp³-hybridized carbons (Fsp3) is 0.368. The second-order valence-electron chi connectivity index (χ2n) is 7.31. The molecular formula is C19H20ClN7O. The van der Waals surface area contributed by atoms with Crippen molar-refractivity contribution in [1.29, 1.82) is 0 Å². The van der Waals surface area contributed by atoms with Crippen LogP contribution in [0.25, 0.3) is 22.4 Å². The molecule has 0 unspecified atom stereocenters. The van der Waals surface area contributed by atoms with Crippen molar-refractivity contribution >= 4 is 17.5 Å². The average Bonchev–Trinajstić information content (AvgIpc) is 3.49. The van der Waals surface area contributed by atoms with Crippen LogP contribution in [0.5, 0.6) is 5.75 Å². The minimum Gasteiger partial charge on any atom is -0.507 e. The molecule has 8 nitrogen and oxygen atoms in total. The Labute approximate surface area is 167 Å². The summed E-state index contributed by atoms with van der Waals surface area (Å²) in [6.45, 7) is 2.72. The van der Waals surface area contributed by atoms with Gasteiger partial charge in [0.25, 0.3) is 0 Å². The Hall–Kier alpha value is -2.71. The number of aromatic amines is 1. The number of rotatable bonds is 4. The molecule has 2 aromatic heterocycles. The minimum atomic E-state index is 0.0922. The van der Waals surface area contributed by atoms with Gasteiger partial charge in [-0.1, -0.05) is 17.7 Å². The SMILES string of the molecule is Oc1cc(-c2c[nH]nc2Cl)ccc1-c1cnc(N2CCN[C@@H](C3CC3)C2)nn1. The van der Waals surface area contributed by atoms with Crippen molar-refractivity contribution in [3.63, 3.8) is 0 Å². The molecule has 3 aromatic rings. The molecule has 0 bridgehead atoms. The number of phenolic OH excluding ortho intramolecular Hbond substituents is 1. The number of anilines is 1. The fourth-order valence-corrected chi connectivity index (χ4v) is 3.92. The number of aromatic hydroxyl groups is 1. The molecule has 9 heteroatoms. The van der Waals surface area contributed by atoms with Gasteiger partial charge in [0, 0.05) is 43.0 Å². The lowest BCUT2D eigenvalue weighted by Gasteiger charge is -2.33. The summed E-state index contributed by atoms with van der Waals surface area (Å²) in [5.74, 6) is 1.51. The van der Waals surface area contributed by atoms with E-state index < -0.39 is 0 Å². The molecule has 1 saturated heterocycles. The summed E-state index contributed by atoms with van der Waals surface area (Å²) < 4.78 is 0. The minimum absolute atomic E-state index is 0.0922. The van der Waals surface area contributed by atoms with E-state index in [1.807, 2.05) is 6.07 Å². The summed E-state index contributed by atoms with van der Waals surface area (Å²) in [6.07, 6.45) is 5.97. The van der Waals surface area contributed by atoms with Crippen LogP contribution in [0.2, 0.25) is 5.15 Å². The highest BCUT2D eigenvalue weighted by Crippen LogP contribution is 2.35. The summed E-state index contributed by atoms with van der Waals surface area (Å²) in [5.41, 5.74) is 2.60. The maximum absolute atomic E-state index is 10.5. The monoisotopic (exact) mass is 397 g/mol. The lowest BCUT2D eigenvalue weighted by molar-refractivity contribution is 0.414. The summed E-state index contributed by atoms with van der Waals surface area (Å²) in [4.78, 5) is 6.68. The van der Waals surface area contributed by atoms with E-state index in [0.717, 1.165) is 36.7 Å². The van der Waals surface area contributed by atoms with Crippen molar-refractivity contribution < 1.29 is 5.11 Å². The summed E-state index contributed by atoms with van der Waals surface area (Å²) >= 11 is 6.04. The van der Waals surface area contributed by atoms with Gasteiger partial charge in [-0.25, -0.2) is 4.98 Å². The van der Waals surface area contributed by atoms with Crippen LogP contribution < -0.4 is 10.2 Å². The van der Waals surface area contributed by atoms with Gasteiger partial charge in [0.1, 0.15) is 11.4 Å². The molecule has 144 valence electrons. The van der Waals surface area contributed by atoms with Crippen LogP contribution in [-0.2, 0) is 0 Å². The van der Waals surface area contributed by atoms with E-state index in [2.05, 4.69) is 35.6 Å². The van der Waals surface area contributed by atoms with E-state index in [1.54, 1.807) is 24.5 Å². The number of hydrogen-bond acceptors (Lipinski definition) is 7. The van der Waals surface area contributed by atoms with Gasteiger partial charge in [-0.05, 0) is 36.5 Å². The zero-order valence-corrected chi connectivity index (χ0v) is 15.9. The third-order valence-corrected chi connectivity index (χ3v) is 5.70. The average molecular weight is 398 g/mol. The van der Waals surface area contributed by atoms with Crippen LogP contribution in [0, 0.1) is 5.92 Å². The molecule has 28 heavy (non-hydrogen) atoms. The van der Waals surface area contributed by atoms with Gasteiger partial charge in [0.05, 0.1) is 6.20 Å². The van der Waals surface area contributed by atoms with Gasteiger partial charge in [-0.15, -0.1) is 10.2 Å². The molecule has 1 atom stereocenters. The Morgan fingerprint density at radius 2 is 2.07 bits per heavy atom. The van der Waals surface area contributed by atoms with Gasteiger partial charge in [0.2, 0.25) is 5.95 Å². The van der Waals surface area contributed by atoms with E-state index in [-0.39, 0.29) is 5.75 Å². The molecule has 2 fully saturated rings. The Kier molecular flexibility index (Phi) is 4.37. The van der Waals surface area contributed by atoms with Crippen molar-refractivity contribution in [2.24, 2.45) is 5.92 Å². The second kappa shape index (κ2) is 7.03. The van der Waals surface area contributed by atoms with Gasteiger partial charge in [-0.3, -0.25) is 5.10 Å². The molecule has 5 rings (SSSR count). The molecule has 1 aliphatic carbocycles. The fourth-order valence-electron chi connectivity index (χ4n) is 3.70. The van der Waals surface area contributed by atoms with E-state index in [4.69, 9.17) is 11.6 Å². The summed E-state index contributed by atoms with van der Waals surface area (Å²) in [7, 11) is 0. The highest BCUT2D eigenvalue weighted by atomic mass is 35.5. The summed E-state index contributed by atoms with van der Waals surface area (Å²) in [6, 6.07) is 5.80. The van der Waals surface area contributed by atoms with Gasteiger partial charge >= 0.3 is 0 Å². The molecule has 0 radical (unpaired) electrons. The number of benzene rings is 1. The predicted octanol–water partition coefficient (Wildman–Crippen LogP) is 2.48. The van der Waals surface area contributed by atoms with Crippen molar-refractivity contribution in [2.45, 2.75) is 18.9 Å². The first-order valence-corrected chi connectivity index (χ1v) is 9.78. The Bertz CT molecular complexity index is 986. The van der Waals surface area contributed by atoms with Crippen molar-refractivity contribution in [3.8, 4) is 28.1 Å². The number of H-pyrrole nitrogens is 1. The number of piperazine rings is 1. The quantitative estimate of drug-likeness (QED) is 0.621. The van der Waals surface area contributed by atoms with Crippen LogP contribution in [0.1, 0.15) is 12.8 Å². The van der Waals surface area contributed by atoms with Crippen LogP contribution >= 0.6 is 11.6 Å². The highest BCUT2D eigenvalue weighted by molar-refractivity contribution is 6.32. The summed E-state index contributed by atoms with van der Waals surface area (Å²) in [5, 5.41) is 29.6. The van der Waals surface area contributed by atoms with Gasteiger partial charge in [-0.2, -0.15) is 5.10 Å². The number of nitrogens with zero attached hydrogens (tertiary/aromatic N) is 5. The molecule has 3 N–H and O–H groups in total. The third-order valence-electron chi connectivity index (χ3n) is 5.41. The number of aromatic nitrogens is 5. The third kappa shape index (κ3) is 3.29. The maximum atomic E-state index is 10.5. The standard InChI is InChI=1S/C19H20ClN7O/c20-18-14(8-23-25-18)12-3-4-13(17(28)7-12)15-9-22-19(26-24-15)27-6-5-21-16(10-27)11-1-2-11/h3-4,7-9,11,16,21,28H,1-2,5-6,10H2,(H,23,25)/t16-/m1/s1. The van der Waals surface area contributed by atoms with E-state index >= 15 is 0 Å². The molecule has 1 saturated carbocycles. The first kappa shape index (κ1) is 17.4. The molecule has 1 aliphatic heterocycles. The lowest BCUT2D eigenvalue weighted by Crippen LogP contribution is -2.52. The molecule has 2 aliphatic rings. The normalized spacial score (nSPS) is 19.8. The van der Waals surface area contributed by atoms with Crippen LogP contribution in [0.3, 0.4) is 0 Å². The van der Waals surface area contributed by atoms with Gasteiger partial charge < -0.3 is 15.3 Å². The first-order valence-electron chi connectivity index (χ1n) is 9.40. The zero-order valence-electron chi connectivity index (χ0n) is 15.1. The topological polar surface area (TPSA) is 103 Å². The van der Waals surface area contributed by atoms with Crippen molar-refractivity contribution in [2.75, 3.05) is 24.5 Å². The smallest absolute Gasteiger partial charge is 0.245 e. The maximum Gasteiger partial charge on any atom is 0.245 e. The molecule has 0 amide bonds. The number of nitrogens with one attached hydrogen (secondary N) is 2. The highest BCUT2D eigenvalue weighted by Gasteiger charge is 2.34. The van der Waals surface area contributed by atoms with Crippen LogP contribution in [-0.4, -0.2) is 56.2 Å². The predicted molar refractivity (Wildman–Crippen MR) is 106 cm³/mol. The van der Waals surface area contributed by atoms with E-state index in [9.17, 15) is 5.11 Å². The lowest BCUT2D eigenvalue weighted by atomic mass is 10.0. The van der Waals surface area contributed by atoms with E-state index in [0.29, 0.717) is 28.4 Å². The molecule has 0 spiro atoms. The van der Waals surface area contributed by atoms with Crippen molar-refractivity contribution in [3.05, 3.63) is 35.7 Å². The second-order valence-corrected chi connectivity index (χ2v) is 7.67.